The van der Waals surface area contributed by atoms with Gasteiger partial charge >= 0.3 is 5.97 Å². The minimum Gasteiger partial charge on any atom is -0.479 e. The molecule has 2 aromatic rings. The molecule has 2 rings (SSSR count). The van der Waals surface area contributed by atoms with Gasteiger partial charge in [-0.2, -0.15) is 0 Å². The summed E-state index contributed by atoms with van der Waals surface area (Å²) in [4.78, 5) is 13.6. The maximum atomic E-state index is 10.7. The lowest BCUT2D eigenvalue weighted by Gasteiger charge is -2.04. The maximum Gasteiger partial charge on any atom is 0.337 e. The van der Waals surface area contributed by atoms with Crippen LogP contribution in [0.2, 0.25) is 0 Å². The number of carboxylic acid groups (broad SMARTS) is 1. The third-order valence-electron chi connectivity index (χ3n) is 2.21. The van der Waals surface area contributed by atoms with Crippen molar-refractivity contribution in [1.82, 2.24) is 4.98 Å². The molecule has 0 saturated heterocycles. The van der Waals surface area contributed by atoms with Crippen LogP contribution in [-0.4, -0.2) is 21.2 Å². The number of aliphatic hydroxyl groups is 1. The van der Waals surface area contributed by atoms with Crippen molar-refractivity contribution in [2.45, 2.75) is 6.10 Å². The summed E-state index contributed by atoms with van der Waals surface area (Å²) >= 11 is 3.32. The van der Waals surface area contributed by atoms with Crippen molar-refractivity contribution < 1.29 is 15.0 Å². The number of hydrogen-bond acceptors (Lipinski definition) is 2. The summed E-state index contributed by atoms with van der Waals surface area (Å²) in [6.07, 6.45) is 0.00579. The van der Waals surface area contributed by atoms with E-state index in [-0.39, 0.29) is 0 Å². The van der Waals surface area contributed by atoms with Gasteiger partial charge in [0.05, 0.1) is 0 Å². The van der Waals surface area contributed by atoms with Crippen LogP contribution in [0.4, 0.5) is 0 Å². The number of halogens is 1. The van der Waals surface area contributed by atoms with Crippen molar-refractivity contribution >= 4 is 32.8 Å². The maximum absolute atomic E-state index is 10.7. The molecule has 1 heterocycles. The monoisotopic (exact) mass is 269 g/mol. The molecule has 1 aromatic heterocycles. The van der Waals surface area contributed by atoms with Crippen LogP contribution in [0.15, 0.2) is 28.9 Å². The standard InChI is InChI=1S/C10H8BrNO3/c11-6-2-1-3-7-8(6)5(4-12-7)9(13)10(14)15/h1-4,9,12-13H,(H,14,15). The van der Waals surface area contributed by atoms with Gasteiger partial charge in [-0.05, 0) is 12.1 Å². The Morgan fingerprint density at radius 3 is 2.87 bits per heavy atom. The second-order valence-electron chi connectivity index (χ2n) is 3.15. The van der Waals surface area contributed by atoms with Gasteiger partial charge in [0.25, 0.3) is 0 Å². The van der Waals surface area contributed by atoms with Gasteiger partial charge in [0.2, 0.25) is 0 Å². The van der Waals surface area contributed by atoms with Gasteiger partial charge in [0, 0.05) is 27.1 Å². The van der Waals surface area contributed by atoms with Crippen molar-refractivity contribution in [3.05, 3.63) is 34.4 Å². The number of carboxylic acids is 1. The Morgan fingerprint density at radius 1 is 1.47 bits per heavy atom. The Bertz CT molecular complexity index is 520. The number of benzene rings is 1. The van der Waals surface area contributed by atoms with Crippen LogP contribution < -0.4 is 0 Å². The normalized spacial score (nSPS) is 12.9. The molecular weight excluding hydrogens is 262 g/mol. The van der Waals surface area contributed by atoms with Gasteiger partial charge in [-0.15, -0.1) is 0 Å². The molecule has 1 aromatic carbocycles. The average molecular weight is 270 g/mol. The molecule has 0 radical (unpaired) electrons. The first-order valence-electron chi connectivity index (χ1n) is 4.27. The minimum absolute atomic E-state index is 0.366. The van der Waals surface area contributed by atoms with Crippen LogP contribution in [0.1, 0.15) is 11.7 Å². The van der Waals surface area contributed by atoms with Gasteiger partial charge in [0.15, 0.2) is 6.10 Å². The smallest absolute Gasteiger partial charge is 0.337 e. The molecule has 1 unspecified atom stereocenters. The zero-order valence-corrected chi connectivity index (χ0v) is 9.15. The van der Waals surface area contributed by atoms with Crippen LogP contribution in [0, 0.1) is 0 Å². The lowest BCUT2D eigenvalue weighted by atomic mass is 10.1. The minimum atomic E-state index is -1.50. The first-order valence-corrected chi connectivity index (χ1v) is 5.07. The van der Waals surface area contributed by atoms with Crippen molar-refractivity contribution in [3.63, 3.8) is 0 Å². The fourth-order valence-corrected chi connectivity index (χ4v) is 2.11. The number of aromatic nitrogens is 1. The van der Waals surface area contributed by atoms with E-state index in [0.29, 0.717) is 10.9 Å². The van der Waals surface area contributed by atoms with Crippen LogP contribution in [0.5, 0.6) is 0 Å². The first kappa shape index (κ1) is 10.2. The lowest BCUT2D eigenvalue weighted by Crippen LogP contribution is -2.09. The molecule has 0 aliphatic carbocycles. The second kappa shape index (κ2) is 3.67. The molecule has 0 saturated carbocycles. The predicted molar refractivity (Wildman–Crippen MR) is 58.6 cm³/mol. The lowest BCUT2D eigenvalue weighted by molar-refractivity contribution is -0.146. The van der Waals surface area contributed by atoms with E-state index in [4.69, 9.17) is 5.11 Å². The number of fused-ring (bicyclic) bond motifs is 1. The van der Waals surface area contributed by atoms with E-state index in [1.165, 1.54) is 6.20 Å². The average Bonchev–Trinajstić information content (AvgIpc) is 2.61. The summed E-state index contributed by atoms with van der Waals surface area (Å²) in [5, 5.41) is 18.9. The van der Waals surface area contributed by atoms with Gasteiger partial charge in [-0.3, -0.25) is 0 Å². The van der Waals surface area contributed by atoms with E-state index in [1.54, 1.807) is 6.07 Å². The molecule has 78 valence electrons. The molecule has 1 atom stereocenters. The summed E-state index contributed by atoms with van der Waals surface area (Å²) in [7, 11) is 0. The molecule has 0 amide bonds. The molecule has 0 bridgehead atoms. The summed E-state index contributed by atoms with van der Waals surface area (Å²) in [5.41, 5.74) is 1.16. The first-order chi connectivity index (χ1) is 7.11. The number of aliphatic carboxylic acids is 1. The second-order valence-corrected chi connectivity index (χ2v) is 4.00. The van der Waals surface area contributed by atoms with Gasteiger partial charge < -0.3 is 15.2 Å². The Balaban J connectivity index is 2.67. The van der Waals surface area contributed by atoms with E-state index in [0.717, 1.165) is 9.99 Å². The highest BCUT2D eigenvalue weighted by atomic mass is 79.9. The van der Waals surface area contributed by atoms with E-state index >= 15 is 0 Å². The third-order valence-corrected chi connectivity index (χ3v) is 2.87. The molecule has 0 aliphatic rings. The Labute approximate surface area is 93.7 Å². The van der Waals surface area contributed by atoms with Gasteiger partial charge in [-0.25, -0.2) is 4.79 Å². The van der Waals surface area contributed by atoms with E-state index in [2.05, 4.69) is 20.9 Å². The molecule has 0 aliphatic heterocycles. The zero-order valence-electron chi connectivity index (χ0n) is 7.57. The van der Waals surface area contributed by atoms with Crippen LogP contribution in [0.3, 0.4) is 0 Å². The Morgan fingerprint density at radius 2 is 2.20 bits per heavy atom. The fourth-order valence-electron chi connectivity index (χ4n) is 1.51. The number of rotatable bonds is 2. The number of hydrogen-bond donors (Lipinski definition) is 3. The van der Waals surface area contributed by atoms with E-state index in [9.17, 15) is 9.90 Å². The highest BCUT2D eigenvalue weighted by Crippen LogP contribution is 2.30. The van der Waals surface area contributed by atoms with Crippen molar-refractivity contribution in [2.24, 2.45) is 0 Å². The number of nitrogens with one attached hydrogen (secondary N) is 1. The number of carbonyl (C=O) groups is 1. The highest BCUT2D eigenvalue weighted by Gasteiger charge is 2.20. The molecule has 3 N–H and O–H groups in total. The van der Waals surface area contributed by atoms with Gasteiger partial charge in [-0.1, -0.05) is 22.0 Å². The molecule has 0 fully saturated rings. The molecule has 15 heavy (non-hydrogen) atoms. The van der Waals surface area contributed by atoms with Crippen LogP contribution in [0.25, 0.3) is 10.9 Å². The molecule has 4 nitrogen and oxygen atoms in total. The summed E-state index contributed by atoms with van der Waals surface area (Å²) in [5.74, 6) is -1.26. The quantitative estimate of drug-likeness (QED) is 0.781. The van der Waals surface area contributed by atoms with Crippen LogP contribution in [-0.2, 0) is 4.79 Å². The molecular formula is C10H8BrNO3. The Kier molecular flexibility index (Phi) is 2.50. The summed E-state index contributed by atoms with van der Waals surface area (Å²) < 4.78 is 0.761. The molecule has 5 heteroatoms. The number of aromatic amines is 1. The van der Waals surface area contributed by atoms with Crippen molar-refractivity contribution in [1.29, 1.82) is 0 Å². The zero-order chi connectivity index (χ0) is 11.0. The Hall–Kier alpha value is -1.33. The molecule has 0 spiro atoms. The van der Waals surface area contributed by atoms with Crippen molar-refractivity contribution in [3.8, 4) is 0 Å². The summed E-state index contributed by atoms with van der Waals surface area (Å²) in [6.45, 7) is 0. The predicted octanol–water partition coefficient (Wildman–Crippen LogP) is 2.05. The SMILES string of the molecule is O=C(O)C(O)c1c[nH]c2cccc(Br)c12. The highest BCUT2D eigenvalue weighted by molar-refractivity contribution is 9.10. The van der Waals surface area contributed by atoms with Crippen LogP contribution >= 0.6 is 15.9 Å². The largest absolute Gasteiger partial charge is 0.479 e. The topological polar surface area (TPSA) is 73.3 Å². The van der Waals surface area contributed by atoms with E-state index < -0.39 is 12.1 Å². The van der Waals surface area contributed by atoms with E-state index in [1.807, 2.05) is 12.1 Å². The third kappa shape index (κ3) is 1.64. The van der Waals surface area contributed by atoms with Gasteiger partial charge in [0.1, 0.15) is 0 Å². The number of aliphatic hydroxyl groups excluding tert-OH is 1. The summed E-state index contributed by atoms with van der Waals surface area (Å²) in [6, 6.07) is 5.45. The van der Waals surface area contributed by atoms with Crippen molar-refractivity contribution in [2.75, 3.05) is 0 Å². The fraction of sp³-hybridized carbons (Fsp3) is 0.100. The number of H-pyrrole nitrogens is 1.